The Kier molecular flexibility index (Phi) is 2.50. The topological polar surface area (TPSA) is 28.7 Å². The Balaban J connectivity index is 2.08. The van der Waals surface area contributed by atoms with E-state index in [4.69, 9.17) is 0 Å². The first-order valence-electron chi connectivity index (χ1n) is 6.36. The summed E-state index contributed by atoms with van der Waals surface area (Å²) in [4.78, 5) is 7.70. The van der Waals surface area contributed by atoms with Crippen molar-refractivity contribution >= 4 is 11.0 Å². The number of rotatable bonds is 1. The van der Waals surface area contributed by atoms with Gasteiger partial charge in [0, 0.05) is 23.2 Å². The summed E-state index contributed by atoms with van der Waals surface area (Å²) in [5, 5.41) is 1.29. The largest absolute Gasteiger partial charge is 0.344 e. The van der Waals surface area contributed by atoms with Crippen molar-refractivity contribution in [3.8, 4) is 0 Å². The normalized spacial score (nSPS) is 24.4. The van der Waals surface area contributed by atoms with E-state index in [1.165, 1.54) is 29.5 Å². The van der Waals surface area contributed by atoms with Crippen molar-refractivity contribution in [1.29, 1.82) is 0 Å². The molecule has 1 aliphatic carbocycles. The highest BCUT2D eigenvalue weighted by Gasteiger charge is 2.17. The third kappa shape index (κ3) is 1.88. The molecule has 0 spiro atoms. The predicted molar refractivity (Wildman–Crippen MR) is 71.1 cm³/mol. The van der Waals surface area contributed by atoms with E-state index in [0.717, 1.165) is 11.6 Å². The number of nitrogens with zero attached hydrogens (tertiary/aromatic N) is 1. The highest BCUT2D eigenvalue weighted by Crippen LogP contribution is 2.33. The molecule has 3 rings (SSSR count). The van der Waals surface area contributed by atoms with E-state index >= 15 is 0 Å². The van der Waals surface area contributed by atoms with Crippen molar-refractivity contribution < 1.29 is 0 Å². The van der Waals surface area contributed by atoms with Crippen LogP contribution in [0.5, 0.6) is 0 Å². The maximum absolute atomic E-state index is 4.39. The molecule has 17 heavy (non-hydrogen) atoms. The zero-order chi connectivity index (χ0) is 11.8. The summed E-state index contributed by atoms with van der Waals surface area (Å²) in [6.07, 6.45) is 9.17. The Bertz CT molecular complexity index is 565. The van der Waals surface area contributed by atoms with Crippen LogP contribution in [0.4, 0.5) is 0 Å². The van der Waals surface area contributed by atoms with Gasteiger partial charge in [0.25, 0.3) is 0 Å². The van der Waals surface area contributed by atoms with Gasteiger partial charge in [-0.05, 0) is 43.4 Å². The fraction of sp³-hybridized carbons (Fsp3) is 0.400. The predicted octanol–water partition coefficient (Wildman–Crippen LogP) is 3.94. The van der Waals surface area contributed by atoms with E-state index in [9.17, 15) is 0 Å². The summed E-state index contributed by atoms with van der Waals surface area (Å²) in [7, 11) is 0. The van der Waals surface area contributed by atoms with Crippen LogP contribution in [0.3, 0.4) is 0 Å². The molecule has 0 radical (unpaired) electrons. The maximum Gasteiger partial charge on any atom is 0.137 e. The second-order valence-electron chi connectivity index (χ2n) is 5.16. The van der Waals surface area contributed by atoms with Crippen LogP contribution in [-0.4, -0.2) is 9.97 Å². The van der Waals surface area contributed by atoms with Gasteiger partial charge in [0.15, 0.2) is 0 Å². The average molecular weight is 226 g/mol. The van der Waals surface area contributed by atoms with Crippen LogP contribution in [-0.2, 0) is 0 Å². The molecule has 1 aliphatic rings. The minimum Gasteiger partial charge on any atom is -0.344 e. The van der Waals surface area contributed by atoms with Gasteiger partial charge in [-0.2, -0.15) is 0 Å². The van der Waals surface area contributed by atoms with E-state index in [2.05, 4.69) is 48.1 Å². The molecule has 0 aliphatic heterocycles. The Labute approximate surface area is 102 Å². The molecule has 2 heteroatoms. The van der Waals surface area contributed by atoms with E-state index in [-0.39, 0.29) is 0 Å². The third-order valence-corrected chi connectivity index (χ3v) is 3.70. The zero-order valence-corrected chi connectivity index (χ0v) is 10.4. The first-order valence-corrected chi connectivity index (χ1v) is 6.36. The van der Waals surface area contributed by atoms with Crippen molar-refractivity contribution in [3.63, 3.8) is 0 Å². The summed E-state index contributed by atoms with van der Waals surface area (Å²) in [6, 6.07) is 4.38. The van der Waals surface area contributed by atoms with Gasteiger partial charge in [-0.25, -0.2) is 4.98 Å². The fourth-order valence-corrected chi connectivity index (χ4v) is 2.72. The van der Waals surface area contributed by atoms with Gasteiger partial charge in [-0.15, -0.1) is 0 Å². The van der Waals surface area contributed by atoms with Gasteiger partial charge in [0.2, 0.25) is 0 Å². The number of hydrogen-bond acceptors (Lipinski definition) is 1. The number of hydrogen-bond donors (Lipinski definition) is 1. The first kappa shape index (κ1) is 10.6. The number of pyridine rings is 1. The van der Waals surface area contributed by atoms with Gasteiger partial charge in [0.1, 0.15) is 5.65 Å². The molecule has 0 aromatic carbocycles. The summed E-state index contributed by atoms with van der Waals surface area (Å²) in [5.41, 5.74) is 3.63. The summed E-state index contributed by atoms with van der Waals surface area (Å²) >= 11 is 0. The number of aryl methyl sites for hydroxylation is 1. The minimum absolute atomic E-state index is 0.562. The summed E-state index contributed by atoms with van der Waals surface area (Å²) in [5.74, 6) is 1.29. The van der Waals surface area contributed by atoms with E-state index in [1.54, 1.807) is 0 Å². The van der Waals surface area contributed by atoms with Crippen LogP contribution in [0.25, 0.3) is 11.0 Å². The van der Waals surface area contributed by atoms with Crippen molar-refractivity contribution in [1.82, 2.24) is 9.97 Å². The highest BCUT2D eigenvalue weighted by molar-refractivity contribution is 5.81. The monoisotopic (exact) mass is 226 g/mol. The lowest BCUT2D eigenvalue weighted by atomic mass is 9.84. The first-order chi connectivity index (χ1) is 8.24. The van der Waals surface area contributed by atoms with Crippen LogP contribution >= 0.6 is 0 Å². The lowest BCUT2D eigenvalue weighted by molar-refractivity contribution is 0.547. The molecule has 2 aromatic heterocycles. The van der Waals surface area contributed by atoms with Gasteiger partial charge in [-0.1, -0.05) is 19.1 Å². The third-order valence-electron chi connectivity index (χ3n) is 3.70. The molecule has 0 amide bonds. The van der Waals surface area contributed by atoms with Gasteiger partial charge in [0.05, 0.1) is 0 Å². The van der Waals surface area contributed by atoms with E-state index in [1.807, 2.05) is 6.20 Å². The Morgan fingerprint density at radius 2 is 2.18 bits per heavy atom. The average Bonchev–Trinajstić information content (AvgIpc) is 2.70. The Morgan fingerprint density at radius 1 is 1.29 bits per heavy atom. The SMILES string of the molecule is Cc1cc2c(C3C=CC(C)CC3)ccnc2[nH]1. The second kappa shape index (κ2) is 4.02. The number of aromatic nitrogens is 2. The molecule has 2 aromatic rings. The lowest BCUT2D eigenvalue weighted by Crippen LogP contribution is -2.05. The summed E-state index contributed by atoms with van der Waals surface area (Å²) in [6.45, 7) is 4.37. The van der Waals surface area contributed by atoms with Gasteiger partial charge in [-0.3, -0.25) is 0 Å². The standard InChI is InChI=1S/C15H18N2/c1-10-3-5-12(6-4-10)13-7-8-16-15-14(13)9-11(2)17-15/h3,5,7-10,12H,4,6H2,1-2H3,(H,16,17). The molecular weight excluding hydrogens is 208 g/mol. The molecule has 0 bridgehead atoms. The van der Waals surface area contributed by atoms with Crippen molar-refractivity contribution in [2.75, 3.05) is 0 Å². The quantitative estimate of drug-likeness (QED) is 0.733. The number of aromatic amines is 1. The van der Waals surface area contributed by atoms with Crippen LogP contribution < -0.4 is 0 Å². The lowest BCUT2D eigenvalue weighted by Gasteiger charge is -2.21. The fourth-order valence-electron chi connectivity index (χ4n) is 2.72. The van der Waals surface area contributed by atoms with Crippen LogP contribution in [0.15, 0.2) is 30.5 Å². The van der Waals surface area contributed by atoms with Crippen LogP contribution in [0, 0.1) is 12.8 Å². The van der Waals surface area contributed by atoms with Crippen LogP contribution in [0.2, 0.25) is 0 Å². The number of fused-ring (bicyclic) bond motifs is 1. The molecule has 88 valence electrons. The maximum atomic E-state index is 4.39. The minimum atomic E-state index is 0.562. The van der Waals surface area contributed by atoms with Crippen molar-refractivity contribution in [3.05, 3.63) is 41.7 Å². The van der Waals surface area contributed by atoms with E-state index < -0.39 is 0 Å². The zero-order valence-electron chi connectivity index (χ0n) is 10.4. The molecule has 2 nitrogen and oxygen atoms in total. The van der Waals surface area contributed by atoms with Gasteiger partial charge < -0.3 is 4.98 Å². The van der Waals surface area contributed by atoms with E-state index in [0.29, 0.717) is 5.92 Å². The van der Waals surface area contributed by atoms with Crippen LogP contribution in [0.1, 0.15) is 36.9 Å². The van der Waals surface area contributed by atoms with Crippen molar-refractivity contribution in [2.24, 2.45) is 5.92 Å². The molecule has 2 unspecified atom stereocenters. The number of nitrogens with one attached hydrogen (secondary N) is 1. The second-order valence-corrected chi connectivity index (χ2v) is 5.16. The molecule has 2 atom stereocenters. The summed E-state index contributed by atoms with van der Waals surface area (Å²) < 4.78 is 0. The number of H-pyrrole nitrogens is 1. The molecule has 2 heterocycles. The molecule has 0 fully saturated rings. The molecule has 1 N–H and O–H groups in total. The Hall–Kier alpha value is -1.57. The Morgan fingerprint density at radius 3 is 2.94 bits per heavy atom. The van der Waals surface area contributed by atoms with Crippen molar-refractivity contribution in [2.45, 2.75) is 32.6 Å². The van der Waals surface area contributed by atoms with Gasteiger partial charge >= 0.3 is 0 Å². The molecule has 0 saturated heterocycles. The smallest absolute Gasteiger partial charge is 0.137 e. The molecule has 0 saturated carbocycles. The number of allylic oxidation sites excluding steroid dienone is 2. The molecular formula is C15H18N2. The highest BCUT2D eigenvalue weighted by atomic mass is 14.8.